The standard InChI is InChI=1S/C12H15N3O2S/c13-8-12(3-5-16-6-4-12)11-14-10(15-17-11)9-2-1-7-18-9/h1-2,7H,3-6,8,13H2. The van der Waals surface area contributed by atoms with Gasteiger partial charge in [-0.15, -0.1) is 11.3 Å². The first-order valence-electron chi connectivity index (χ1n) is 6.00. The first-order valence-corrected chi connectivity index (χ1v) is 6.88. The first-order chi connectivity index (χ1) is 8.84. The van der Waals surface area contributed by atoms with Crippen molar-refractivity contribution in [2.24, 2.45) is 5.73 Å². The summed E-state index contributed by atoms with van der Waals surface area (Å²) in [4.78, 5) is 5.53. The quantitative estimate of drug-likeness (QED) is 0.916. The van der Waals surface area contributed by atoms with Crippen molar-refractivity contribution in [2.45, 2.75) is 18.3 Å². The highest BCUT2D eigenvalue weighted by molar-refractivity contribution is 7.13. The fourth-order valence-corrected chi connectivity index (χ4v) is 2.86. The number of hydrogen-bond donors (Lipinski definition) is 1. The molecule has 2 N–H and O–H groups in total. The van der Waals surface area contributed by atoms with Crippen LogP contribution in [0, 0.1) is 0 Å². The number of rotatable bonds is 3. The number of aromatic nitrogens is 2. The molecule has 3 heterocycles. The molecule has 0 aromatic carbocycles. The second kappa shape index (κ2) is 4.79. The molecule has 0 saturated carbocycles. The lowest BCUT2D eigenvalue weighted by atomic mass is 9.80. The van der Waals surface area contributed by atoms with Crippen LogP contribution < -0.4 is 5.73 Å². The Morgan fingerprint density at radius 3 is 2.89 bits per heavy atom. The minimum Gasteiger partial charge on any atom is -0.381 e. The molecular formula is C12H15N3O2S. The van der Waals surface area contributed by atoms with Crippen molar-refractivity contribution in [2.75, 3.05) is 19.8 Å². The molecule has 2 aromatic heterocycles. The predicted molar refractivity (Wildman–Crippen MR) is 68.4 cm³/mol. The maximum atomic E-state index is 5.92. The Labute approximate surface area is 109 Å². The van der Waals surface area contributed by atoms with Crippen molar-refractivity contribution < 1.29 is 9.26 Å². The average Bonchev–Trinajstić information content (AvgIpc) is 3.10. The molecule has 1 aliphatic rings. The van der Waals surface area contributed by atoms with E-state index in [4.69, 9.17) is 15.0 Å². The zero-order valence-corrected chi connectivity index (χ0v) is 10.8. The second-order valence-electron chi connectivity index (χ2n) is 4.50. The lowest BCUT2D eigenvalue weighted by Crippen LogP contribution is -2.40. The Hall–Kier alpha value is -1.24. The summed E-state index contributed by atoms with van der Waals surface area (Å²) >= 11 is 1.60. The molecule has 1 aliphatic heterocycles. The van der Waals surface area contributed by atoms with Crippen LogP contribution in [0.25, 0.3) is 10.7 Å². The van der Waals surface area contributed by atoms with Crippen LogP contribution in [0.5, 0.6) is 0 Å². The van der Waals surface area contributed by atoms with E-state index in [1.54, 1.807) is 11.3 Å². The molecule has 1 saturated heterocycles. The van der Waals surface area contributed by atoms with Gasteiger partial charge < -0.3 is 15.0 Å². The van der Waals surface area contributed by atoms with Crippen LogP contribution in [0.2, 0.25) is 0 Å². The Bertz CT molecular complexity index is 503. The van der Waals surface area contributed by atoms with Crippen molar-refractivity contribution in [3.63, 3.8) is 0 Å². The highest BCUT2D eigenvalue weighted by Crippen LogP contribution is 2.34. The molecule has 3 rings (SSSR count). The van der Waals surface area contributed by atoms with Gasteiger partial charge in [0.2, 0.25) is 11.7 Å². The number of thiophene rings is 1. The summed E-state index contributed by atoms with van der Waals surface area (Å²) in [5.74, 6) is 1.30. The van der Waals surface area contributed by atoms with Crippen LogP contribution in [0.15, 0.2) is 22.0 Å². The average molecular weight is 265 g/mol. The Kier molecular flexibility index (Phi) is 3.15. The van der Waals surface area contributed by atoms with Crippen molar-refractivity contribution in [1.82, 2.24) is 10.1 Å². The van der Waals surface area contributed by atoms with Gasteiger partial charge in [0.15, 0.2) is 0 Å². The van der Waals surface area contributed by atoms with Crippen molar-refractivity contribution in [1.29, 1.82) is 0 Å². The van der Waals surface area contributed by atoms with Crippen LogP contribution in [-0.4, -0.2) is 29.9 Å². The fraction of sp³-hybridized carbons (Fsp3) is 0.500. The molecule has 0 amide bonds. The van der Waals surface area contributed by atoms with E-state index in [2.05, 4.69) is 10.1 Å². The van der Waals surface area contributed by atoms with E-state index in [0.717, 1.165) is 17.7 Å². The SMILES string of the molecule is NCC1(c2nc(-c3cccs3)no2)CCOCC1. The smallest absolute Gasteiger partial charge is 0.234 e. The molecule has 1 fully saturated rings. The third-order valence-corrected chi connectivity index (χ3v) is 4.33. The largest absolute Gasteiger partial charge is 0.381 e. The molecule has 0 atom stereocenters. The zero-order valence-electron chi connectivity index (χ0n) is 9.96. The van der Waals surface area contributed by atoms with Gasteiger partial charge in [-0.25, -0.2) is 0 Å². The van der Waals surface area contributed by atoms with E-state index in [1.807, 2.05) is 17.5 Å². The topological polar surface area (TPSA) is 74.2 Å². The highest BCUT2D eigenvalue weighted by atomic mass is 32.1. The molecule has 0 radical (unpaired) electrons. The first kappa shape index (κ1) is 11.8. The summed E-state index contributed by atoms with van der Waals surface area (Å²) in [5.41, 5.74) is 5.71. The van der Waals surface area contributed by atoms with Gasteiger partial charge in [-0.3, -0.25) is 0 Å². The summed E-state index contributed by atoms with van der Waals surface area (Å²) in [6.07, 6.45) is 1.69. The monoisotopic (exact) mass is 265 g/mol. The van der Waals surface area contributed by atoms with Gasteiger partial charge in [0.25, 0.3) is 0 Å². The molecule has 96 valence electrons. The van der Waals surface area contributed by atoms with Gasteiger partial charge in [0, 0.05) is 19.8 Å². The molecule has 5 nitrogen and oxygen atoms in total. The molecule has 6 heteroatoms. The number of nitrogens with zero attached hydrogens (tertiary/aromatic N) is 2. The van der Waals surface area contributed by atoms with Gasteiger partial charge in [0.1, 0.15) is 0 Å². The van der Waals surface area contributed by atoms with Crippen LogP contribution in [0.3, 0.4) is 0 Å². The third kappa shape index (κ3) is 1.96. The predicted octanol–water partition coefficient (Wildman–Crippen LogP) is 1.81. The van der Waals surface area contributed by atoms with Crippen LogP contribution in [-0.2, 0) is 10.2 Å². The normalized spacial score (nSPS) is 18.9. The highest BCUT2D eigenvalue weighted by Gasteiger charge is 2.38. The van der Waals surface area contributed by atoms with Gasteiger partial charge in [-0.2, -0.15) is 4.98 Å². The molecule has 0 spiro atoms. The van der Waals surface area contributed by atoms with Crippen LogP contribution in [0.4, 0.5) is 0 Å². The van der Waals surface area contributed by atoms with E-state index in [-0.39, 0.29) is 5.41 Å². The lowest BCUT2D eigenvalue weighted by Gasteiger charge is -2.32. The molecule has 18 heavy (non-hydrogen) atoms. The Balaban J connectivity index is 1.92. The molecule has 0 bridgehead atoms. The molecule has 0 unspecified atom stereocenters. The zero-order chi connectivity index (χ0) is 12.4. The van der Waals surface area contributed by atoms with Gasteiger partial charge >= 0.3 is 0 Å². The van der Waals surface area contributed by atoms with Gasteiger partial charge in [-0.05, 0) is 24.3 Å². The third-order valence-electron chi connectivity index (χ3n) is 3.46. The van der Waals surface area contributed by atoms with E-state index < -0.39 is 0 Å². The summed E-state index contributed by atoms with van der Waals surface area (Å²) in [6, 6.07) is 3.96. The Morgan fingerprint density at radius 2 is 2.22 bits per heavy atom. The maximum Gasteiger partial charge on any atom is 0.234 e. The van der Waals surface area contributed by atoms with Crippen LogP contribution in [0.1, 0.15) is 18.7 Å². The molecule has 2 aromatic rings. The lowest BCUT2D eigenvalue weighted by molar-refractivity contribution is 0.0409. The fourth-order valence-electron chi connectivity index (χ4n) is 2.21. The van der Waals surface area contributed by atoms with E-state index in [1.165, 1.54) is 0 Å². The minimum atomic E-state index is -0.208. The minimum absolute atomic E-state index is 0.208. The van der Waals surface area contributed by atoms with Crippen molar-refractivity contribution >= 4 is 11.3 Å². The summed E-state index contributed by atoms with van der Waals surface area (Å²) in [5, 5.41) is 6.05. The number of hydrogen-bond acceptors (Lipinski definition) is 6. The van der Waals surface area contributed by atoms with E-state index >= 15 is 0 Å². The summed E-state index contributed by atoms with van der Waals surface area (Å²) < 4.78 is 10.8. The Morgan fingerprint density at radius 1 is 1.39 bits per heavy atom. The summed E-state index contributed by atoms with van der Waals surface area (Å²) in [6.45, 7) is 1.92. The number of ether oxygens (including phenoxy) is 1. The second-order valence-corrected chi connectivity index (χ2v) is 5.44. The van der Waals surface area contributed by atoms with E-state index in [0.29, 0.717) is 31.5 Å². The maximum absolute atomic E-state index is 5.92. The van der Waals surface area contributed by atoms with Crippen LogP contribution >= 0.6 is 11.3 Å². The van der Waals surface area contributed by atoms with E-state index in [9.17, 15) is 0 Å². The van der Waals surface area contributed by atoms with Gasteiger partial charge in [0.05, 0.1) is 10.3 Å². The molecule has 0 aliphatic carbocycles. The number of nitrogens with two attached hydrogens (primary N) is 1. The van der Waals surface area contributed by atoms with Gasteiger partial charge in [-0.1, -0.05) is 11.2 Å². The van der Waals surface area contributed by atoms with Crippen molar-refractivity contribution in [3.05, 3.63) is 23.4 Å². The van der Waals surface area contributed by atoms with Crippen molar-refractivity contribution in [3.8, 4) is 10.7 Å². The summed E-state index contributed by atoms with van der Waals surface area (Å²) in [7, 11) is 0. The molecular weight excluding hydrogens is 250 g/mol.